The van der Waals surface area contributed by atoms with Crippen LogP contribution in [0.1, 0.15) is 48.0 Å². The predicted octanol–water partition coefficient (Wildman–Crippen LogP) is 2.72. The molecule has 0 N–H and O–H groups in total. The highest BCUT2D eigenvalue weighted by Gasteiger charge is 2.42. The summed E-state index contributed by atoms with van der Waals surface area (Å²) in [5, 5.41) is 0. The molecule has 3 unspecified atom stereocenters. The Morgan fingerprint density at radius 2 is 1.85 bits per heavy atom. The smallest absolute Gasteiger partial charge is 0.319 e. The van der Waals surface area contributed by atoms with Crippen LogP contribution in [0.15, 0.2) is 0 Å². The number of carbonyl (C=O) groups is 2. The highest BCUT2D eigenvalue weighted by Crippen LogP contribution is 2.31. The summed E-state index contributed by atoms with van der Waals surface area (Å²) in [6.45, 7) is 13.7. The Morgan fingerprint density at radius 1 is 1.25 bits per heavy atom. The van der Waals surface area contributed by atoms with Crippen LogP contribution in [0.5, 0.6) is 0 Å². The van der Waals surface area contributed by atoms with Crippen molar-refractivity contribution in [2.75, 3.05) is 19.7 Å². The van der Waals surface area contributed by atoms with Gasteiger partial charge in [-0.05, 0) is 30.6 Å². The van der Waals surface area contributed by atoms with E-state index < -0.39 is 17.3 Å². The van der Waals surface area contributed by atoms with E-state index in [0.29, 0.717) is 18.4 Å². The molecule has 0 aromatic heterocycles. The first-order valence-electron chi connectivity index (χ1n) is 7.63. The van der Waals surface area contributed by atoms with Crippen molar-refractivity contribution in [2.24, 2.45) is 23.2 Å². The molecule has 4 nitrogen and oxygen atoms in total. The van der Waals surface area contributed by atoms with Gasteiger partial charge in [-0.25, -0.2) is 0 Å². The minimum absolute atomic E-state index is 0.0744. The van der Waals surface area contributed by atoms with Crippen molar-refractivity contribution in [1.29, 1.82) is 0 Å². The number of amides is 1. The van der Waals surface area contributed by atoms with Gasteiger partial charge in [0.15, 0.2) is 0 Å². The molecule has 1 aliphatic heterocycles. The van der Waals surface area contributed by atoms with E-state index in [1.54, 1.807) is 6.92 Å². The van der Waals surface area contributed by atoms with Crippen molar-refractivity contribution in [3.63, 3.8) is 0 Å². The number of rotatable bonds is 3. The third-order valence-corrected chi connectivity index (χ3v) is 4.28. The second-order valence-corrected chi connectivity index (χ2v) is 7.08. The second-order valence-electron chi connectivity index (χ2n) is 7.08. The summed E-state index contributed by atoms with van der Waals surface area (Å²) >= 11 is 0. The maximum atomic E-state index is 12.7. The van der Waals surface area contributed by atoms with E-state index in [1.807, 2.05) is 25.7 Å². The van der Waals surface area contributed by atoms with E-state index in [2.05, 4.69) is 13.8 Å². The first-order chi connectivity index (χ1) is 9.18. The van der Waals surface area contributed by atoms with Gasteiger partial charge in [0.1, 0.15) is 5.92 Å². The van der Waals surface area contributed by atoms with Crippen LogP contribution >= 0.6 is 0 Å². The van der Waals surface area contributed by atoms with Crippen molar-refractivity contribution < 1.29 is 14.3 Å². The van der Waals surface area contributed by atoms with Gasteiger partial charge in [-0.2, -0.15) is 0 Å². The van der Waals surface area contributed by atoms with Crippen molar-refractivity contribution in [3.8, 4) is 0 Å². The van der Waals surface area contributed by atoms with E-state index in [1.165, 1.54) is 0 Å². The zero-order chi connectivity index (χ0) is 15.5. The van der Waals surface area contributed by atoms with Gasteiger partial charge in [-0.15, -0.1) is 0 Å². The first-order valence-corrected chi connectivity index (χ1v) is 7.63. The molecule has 1 amide bonds. The molecule has 1 heterocycles. The van der Waals surface area contributed by atoms with Gasteiger partial charge in [0.2, 0.25) is 5.91 Å². The maximum Gasteiger partial charge on any atom is 0.319 e. The number of esters is 1. The van der Waals surface area contributed by atoms with Crippen molar-refractivity contribution in [2.45, 2.75) is 48.0 Å². The molecule has 1 aliphatic rings. The summed E-state index contributed by atoms with van der Waals surface area (Å²) in [5.74, 6) is -0.0562. The van der Waals surface area contributed by atoms with Gasteiger partial charge in [0.25, 0.3) is 0 Å². The Balaban J connectivity index is 2.86. The standard InChI is InChI=1S/C16H29NO3/c1-7-20-15(19)13(16(4,5)6)14(18)17-9-8-11(2)12(3)10-17/h11-13H,7-10H2,1-6H3. The average Bonchev–Trinajstić information content (AvgIpc) is 2.31. The zero-order valence-electron chi connectivity index (χ0n) is 13.7. The lowest BCUT2D eigenvalue weighted by Crippen LogP contribution is -2.50. The molecule has 116 valence electrons. The van der Waals surface area contributed by atoms with Crippen LogP contribution in [0.3, 0.4) is 0 Å². The lowest BCUT2D eigenvalue weighted by molar-refractivity contribution is -0.161. The van der Waals surface area contributed by atoms with E-state index in [9.17, 15) is 9.59 Å². The molecule has 0 aliphatic carbocycles. The largest absolute Gasteiger partial charge is 0.465 e. The summed E-state index contributed by atoms with van der Waals surface area (Å²) < 4.78 is 5.10. The monoisotopic (exact) mass is 283 g/mol. The van der Waals surface area contributed by atoms with Gasteiger partial charge in [-0.1, -0.05) is 34.6 Å². The number of ether oxygens (including phenoxy) is 1. The molecule has 0 aromatic rings. The summed E-state index contributed by atoms with van der Waals surface area (Å²) in [6, 6.07) is 0. The van der Waals surface area contributed by atoms with Crippen molar-refractivity contribution >= 4 is 11.9 Å². The third-order valence-electron chi connectivity index (χ3n) is 4.28. The van der Waals surface area contributed by atoms with Gasteiger partial charge >= 0.3 is 5.97 Å². The van der Waals surface area contributed by atoms with Crippen LogP contribution in [-0.4, -0.2) is 36.5 Å². The molecule has 1 fully saturated rings. The van der Waals surface area contributed by atoms with Crippen molar-refractivity contribution in [1.82, 2.24) is 4.90 Å². The maximum absolute atomic E-state index is 12.7. The molecule has 3 atom stereocenters. The molecule has 0 spiro atoms. The lowest BCUT2D eigenvalue weighted by Gasteiger charge is -2.39. The van der Waals surface area contributed by atoms with E-state index in [0.717, 1.165) is 19.5 Å². The molecule has 1 saturated heterocycles. The lowest BCUT2D eigenvalue weighted by atomic mass is 9.79. The Bertz CT molecular complexity index is 359. The van der Waals surface area contributed by atoms with Crippen LogP contribution in [-0.2, 0) is 14.3 Å². The zero-order valence-corrected chi connectivity index (χ0v) is 13.7. The molecule has 4 heteroatoms. The molecule has 1 rings (SSSR count). The minimum Gasteiger partial charge on any atom is -0.465 e. The quantitative estimate of drug-likeness (QED) is 0.591. The number of nitrogens with zero attached hydrogens (tertiary/aromatic N) is 1. The molecule has 20 heavy (non-hydrogen) atoms. The molecule has 0 bridgehead atoms. The fraction of sp³-hybridized carbons (Fsp3) is 0.875. The van der Waals surface area contributed by atoms with Gasteiger partial charge in [0.05, 0.1) is 6.61 Å². The molecular weight excluding hydrogens is 254 g/mol. The molecule has 0 saturated carbocycles. The van der Waals surface area contributed by atoms with E-state index in [4.69, 9.17) is 4.74 Å². The van der Waals surface area contributed by atoms with Crippen LogP contribution in [0, 0.1) is 23.2 Å². The van der Waals surface area contributed by atoms with Crippen LogP contribution in [0.4, 0.5) is 0 Å². The van der Waals surface area contributed by atoms with Crippen molar-refractivity contribution in [3.05, 3.63) is 0 Å². The van der Waals surface area contributed by atoms with Gasteiger partial charge in [-0.3, -0.25) is 9.59 Å². The number of likely N-dealkylation sites (tertiary alicyclic amines) is 1. The number of hydrogen-bond donors (Lipinski definition) is 0. The highest BCUT2D eigenvalue weighted by molar-refractivity contribution is 5.98. The van der Waals surface area contributed by atoms with Crippen LogP contribution < -0.4 is 0 Å². The first kappa shape index (κ1) is 17.0. The summed E-state index contributed by atoms with van der Waals surface area (Å²) in [5.41, 5.74) is -0.421. The van der Waals surface area contributed by atoms with Gasteiger partial charge in [0, 0.05) is 13.1 Å². The Morgan fingerprint density at radius 3 is 2.30 bits per heavy atom. The fourth-order valence-electron chi connectivity index (χ4n) is 2.70. The molecule has 0 radical (unpaired) electrons. The molecular formula is C16H29NO3. The van der Waals surface area contributed by atoms with E-state index >= 15 is 0 Å². The number of piperidine rings is 1. The number of carbonyl (C=O) groups excluding carboxylic acids is 2. The summed E-state index contributed by atoms with van der Waals surface area (Å²) in [7, 11) is 0. The molecule has 0 aromatic carbocycles. The fourth-order valence-corrected chi connectivity index (χ4v) is 2.70. The number of hydrogen-bond acceptors (Lipinski definition) is 3. The third kappa shape index (κ3) is 3.97. The van der Waals surface area contributed by atoms with Gasteiger partial charge < -0.3 is 9.64 Å². The highest BCUT2D eigenvalue weighted by atomic mass is 16.5. The van der Waals surface area contributed by atoms with Crippen LogP contribution in [0.25, 0.3) is 0 Å². The summed E-state index contributed by atoms with van der Waals surface area (Å²) in [4.78, 5) is 26.7. The topological polar surface area (TPSA) is 46.6 Å². The predicted molar refractivity (Wildman–Crippen MR) is 79.1 cm³/mol. The Hall–Kier alpha value is -1.06. The average molecular weight is 283 g/mol. The van der Waals surface area contributed by atoms with E-state index in [-0.39, 0.29) is 5.91 Å². The van der Waals surface area contributed by atoms with Crippen LogP contribution in [0.2, 0.25) is 0 Å². The Labute approximate surface area is 122 Å². The normalized spacial score (nSPS) is 25.2. The second kappa shape index (κ2) is 6.59. The minimum atomic E-state index is -0.706. The Kier molecular flexibility index (Phi) is 5.60. The summed E-state index contributed by atoms with van der Waals surface area (Å²) in [6.07, 6.45) is 1.01. The SMILES string of the molecule is CCOC(=O)C(C(=O)N1CCC(C)C(C)C1)C(C)(C)C.